The molecule has 0 bridgehead atoms. The Hall–Kier alpha value is -0.960. The molecule has 1 saturated carbocycles. The molecule has 2 rings (SSSR count). The number of aliphatic hydroxyl groups is 1. The maximum atomic E-state index is 13.4. The molecule has 0 spiro atoms. The van der Waals surface area contributed by atoms with Crippen LogP contribution in [-0.2, 0) is 5.60 Å². The van der Waals surface area contributed by atoms with Crippen molar-refractivity contribution in [1.82, 2.24) is 0 Å². The van der Waals surface area contributed by atoms with E-state index in [2.05, 4.69) is 20.8 Å². The van der Waals surface area contributed by atoms with Crippen molar-refractivity contribution in [3.8, 4) is 0 Å². The van der Waals surface area contributed by atoms with Gasteiger partial charge in [-0.1, -0.05) is 27.2 Å². The maximum absolute atomic E-state index is 13.4. The van der Waals surface area contributed by atoms with Crippen molar-refractivity contribution >= 4 is 0 Å². The highest BCUT2D eigenvalue weighted by atomic mass is 19.1. The molecule has 1 nitrogen and oxygen atoms in total. The van der Waals surface area contributed by atoms with Crippen LogP contribution >= 0.6 is 0 Å². The molecule has 1 aliphatic carbocycles. The molecule has 0 radical (unpaired) electrons. The molecule has 0 aromatic heterocycles. The van der Waals surface area contributed by atoms with Crippen LogP contribution in [0.4, 0.5) is 8.78 Å². The fraction of sp³-hybridized carbons (Fsp3) is 0.625. The van der Waals surface area contributed by atoms with Gasteiger partial charge in [-0.2, -0.15) is 0 Å². The lowest BCUT2D eigenvalue weighted by atomic mass is 9.64. The first kappa shape index (κ1) is 14.4. The summed E-state index contributed by atoms with van der Waals surface area (Å²) in [4.78, 5) is 0. The maximum Gasteiger partial charge on any atom is 0.126 e. The van der Waals surface area contributed by atoms with E-state index < -0.39 is 17.2 Å². The molecule has 0 aliphatic heterocycles. The average molecular weight is 268 g/mol. The van der Waals surface area contributed by atoms with Crippen molar-refractivity contribution in [3.63, 3.8) is 0 Å². The lowest BCUT2D eigenvalue weighted by Gasteiger charge is -2.45. The van der Waals surface area contributed by atoms with Crippen LogP contribution in [0.1, 0.15) is 45.6 Å². The zero-order valence-electron chi connectivity index (χ0n) is 11.8. The Bertz CT molecular complexity index is 438. The summed E-state index contributed by atoms with van der Waals surface area (Å²) < 4.78 is 26.9. The van der Waals surface area contributed by atoms with Crippen LogP contribution in [0, 0.1) is 29.4 Å². The first-order valence-corrected chi connectivity index (χ1v) is 7.02. The smallest absolute Gasteiger partial charge is 0.126 e. The van der Waals surface area contributed by atoms with Gasteiger partial charge >= 0.3 is 0 Å². The molecule has 3 unspecified atom stereocenters. The summed E-state index contributed by atoms with van der Waals surface area (Å²) in [5.74, 6) is -0.548. The topological polar surface area (TPSA) is 20.2 Å². The number of halogens is 2. The van der Waals surface area contributed by atoms with Gasteiger partial charge in [0.05, 0.1) is 5.60 Å². The highest BCUT2D eigenvalue weighted by molar-refractivity contribution is 5.26. The lowest BCUT2D eigenvalue weighted by Crippen LogP contribution is -2.43. The monoisotopic (exact) mass is 268 g/mol. The SMILES string of the molecule is CC1CCC(C(C)C)C(O)(c2cc(F)cc(F)c2)C1. The number of hydrogen-bond acceptors (Lipinski definition) is 1. The van der Waals surface area contributed by atoms with Gasteiger partial charge in [0.1, 0.15) is 11.6 Å². The molecule has 19 heavy (non-hydrogen) atoms. The van der Waals surface area contributed by atoms with Gasteiger partial charge in [-0.25, -0.2) is 8.78 Å². The Balaban J connectivity index is 2.45. The molecule has 0 saturated heterocycles. The van der Waals surface area contributed by atoms with Gasteiger partial charge in [0, 0.05) is 6.07 Å². The van der Waals surface area contributed by atoms with Gasteiger partial charge in [0.15, 0.2) is 0 Å². The minimum Gasteiger partial charge on any atom is -0.385 e. The Morgan fingerprint density at radius 3 is 2.26 bits per heavy atom. The first-order valence-electron chi connectivity index (χ1n) is 7.02. The van der Waals surface area contributed by atoms with Crippen LogP contribution in [0.25, 0.3) is 0 Å². The van der Waals surface area contributed by atoms with Crippen LogP contribution in [-0.4, -0.2) is 5.11 Å². The van der Waals surface area contributed by atoms with Gasteiger partial charge < -0.3 is 5.11 Å². The summed E-state index contributed by atoms with van der Waals surface area (Å²) in [5.41, 5.74) is -0.732. The average Bonchev–Trinajstić information content (AvgIpc) is 2.26. The predicted molar refractivity (Wildman–Crippen MR) is 71.6 cm³/mol. The summed E-state index contributed by atoms with van der Waals surface area (Å²) in [7, 11) is 0. The third-order valence-corrected chi connectivity index (χ3v) is 4.41. The molecular weight excluding hydrogens is 246 g/mol. The predicted octanol–water partition coefficient (Wildman–Crippen LogP) is 4.24. The summed E-state index contributed by atoms with van der Waals surface area (Å²) in [6, 6.07) is 3.40. The molecule has 1 N–H and O–H groups in total. The minimum absolute atomic E-state index is 0.0462. The summed E-state index contributed by atoms with van der Waals surface area (Å²) in [6.07, 6.45) is 2.52. The van der Waals surface area contributed by atoms with Gasteiger partial charge in [0.25, 0.3) is 0 Å². The van der Waals surface area contributed by atoms with Crippen molar-refractivity contribution in [2.24, 2.45) is 17.8 Å². The van der Waals surface area contributed by atoms with E-state index in [4.69, 9.17) is 0 Å². The molecule has 0 heterocycles. The molecule has 3 atom stereocenters. The second-order valence-electron chi connectivity index (χ2n) is 6.32. The van der Waals surface area contributed by atoms with Crippen molar-refractivity contribution in [2.75, 3.05) is 0 Å². The van der Waals surface area contributed by atoms with Crippen molar-refractivity contribution < 1.29 is 13.9 Å². The third kappa shape index (κ3) is 2.81. The zero-order chi connectivity index (χ0) is 14.2. The van der Waals surface area contributed by atoms with E-state index in [-0.39, 0.29) is 11.8 Å². The highest BCUT2D eigenvalue weighted by Gasteiger charge is 2.44. The summed E-state index contributed by atoms with van der Waals surface area (Å²) in [6.45, 7) is 6.19. The normalized spacial score (nSPS) is 31.7. The number of hydrogen-bond donors (Lipinski definition) is 1. The van der Waals surface area contributed by atoms with E-state index >= 15 is 0 Å². The second kappa shape index (κ2) is 5.20. The van der Waals surface area contributed by atoms with Crippen LogP contribution in [0.5, 0.6) is 0 Å². The Morgan fingerprint density at radius 1 is 1.16 bits per heavy atom. The number of benzene rings is 1. The highest BCUT2D eigenvalue weighted by Crippen LogP contribution is 2.47. The zero-order valence-corrected chi connectivity index (χ0v) is 11.8. The van der Waals surface area contributed by atoms with E-state index in [1.165, 1.54) is 12.1 Å². The first-order chi connectivity index (χ1) is 8.83. The molecule has 1 aliphatic rings. The molecule has 1 fully saturated rings. The molecule has 0 amide bonds. The van der Waals surface area contributed by atoms with Crippen LogP contribution < -0.4 is 0 Å². The van der Waals surface area contributed by atoms with Crippen LogP contribution in [0.3, 0.4) is 0 Å². The largest absolute Gasteiger partial charge is 0.385 e. The van der Waals surface area contributed by atoms with Gasteiger partial charge in [-0.3, -0.25) is 0 Å². The lowest BCUT2D eigenvalue weighted by molar-refractivity contribution is -0.0869. The number of rotatable bonds is 2. The van der Waals surface area contributed by atoms with Crippen LogP contribution in [0.15, 0.2) is 18.2 Å². The third-order valence-electron chi connectivity index (χ3n) is 4.41. The molecular formula is C16H22F2O. The Morgan fingerprint density at radius 2 is 1.74 bits per heavy atom. The van der Waals surface area contributed by atoms with Crippen molar-refractivity contribution in [3.05, 3.63) is 35.4 Å². The molecule has 1 aromatic rings. The van der Waals surface area contributed by atoms with E-state index in [9.17, 15) is 13.9 Å². The van der Waals surface area contributed by atoms with Gasteiger partial charge in [-0.15, -0.1) is 0 Å². The van der Waals surface area contributed by atoms with Crippen LogP contribution in [0.2, 0.25) is 0 Å². The summed E-state index contributed by atoms with van der Waals surface area (Å²) in [5, 5.41) is 11.1. The van der Waals surface area contributed by atoms with E-state index in [0.29, 0.717) is 17.9 Å². The van der Waals surface area contributed by atoms with E-state index in [0.717, 1.165) is 18.9 Å². The van der Waals surface area contributed by atoms with Gasteiger partial charge in [-0.05, 0) is 48.3 Å². The molecule has 1 aromatic carbocycles. The summed E-state index contributed by atoms with van der Waals surface area (Å²) >= 11 is 0. The second-order valence-corrected chi connectivity index (χ2v) is 6.32. The minimum atomic E-state index is -1.12. The molecule has 106 valence electrons. The van der Waals surface area contributed by atoms with E-state index in [1.54, 1.807) is 0 Å². The molecule has 3 heteroatoms. The fourth-order valence-corrected chi connectivity index (χ4v) is 3.51. The fourth-order valence-electron chi connectivity index (χ4n) is 3.51. The van der Waals surface area contributed by atoms with Crippen molar-refractivity contribution in [2.45, 2.75) is 45.6 Å². The van der Waals surface area contributed by atoms with Crippen molar-refractivity contribution in [1.29, 1.82) is 0 Å². The Labute approximate surface area is 113 Å². The Kier molecular flexibility index (Phi) is 3.95. The van der Waals surface area contributed by atoms with Gasteiger partial charge in [0.2, 0.25) is 0 Å². The quantitative estimate of drug-likeness (QED) is 0.850. The standard InChI is InChI=1S/C16H22F2O/c1-10(2)15-5-4-11(3)9-16(15,19)12-6-13(17)8-14(18)7-12/h6-8,10-11,15,19H,4-5,9H2,1-3H3. The van der Waals surface area contributed by atoms with E-state index in [1.807, 2.05) is 0 Å².